The average molecular weight is 308 g/mol. The van der Waals surface area contributed by atoms with Crippen LogP contribution in [0.2, 0.25) is 0 Å². The molecule has 0 bridgehead atoms. The second kappa shape index (κ2) is 5.31. The third kappa shape index (κ3) is 2.17. The van der Waals surface area contributed by atoms with E-state index in [1.807, 2.05) is 40.8 Å². The largest absolute Gasteiger partial charge is 0.290 e. The monoisotopic (exact) mass is 308 g/mol. The van der Waals surface area contributed by atoms with Gasteiger partial charge in [-0.15, -0.1) is 10.2 Å². The fraction of sp³-hybridized carbons (Fsp3) is 0.0625. The number of H-pyrrole nitrogens is 1. The standard InChI is InChI=1S/C16H12N4OS/c21-14-12-8-4-5-9-13(12)20-15(17-14)18-19-16(20)22-10-11-6-2-1-3-7-11/h1-9H,10H2,(H,17,18,21). The first-order chi connectivity index (χ1) is 10.8. The fourth-order valence-corrected chi connectivity index (χ4v) is 3.31. The van der Waals surface area contributed by atoms with E-state index in [0.717, 1.165) is 16.4 Å². The fourth-order valence-electron chi connectivity index (χ4n) is 2.41. The second-order valence-electron chi connectivity index (χ2n) is 4.89. The highest BCUT2D eigenvalue weighted by atomic mass is 32.2. The molecule has 0 fully saturated rings. The molecule has 0 amide bonds. The van der Waals surface area contributed by atoms with Crippen molar-refractivity contribution in [2.24, 2.45) is 0 Å². The predicted octanol–water partition coefficient (Wildman–Crippen LogP) is 2.86. The van der Waals surface area contributed by atoms with Gasteiger partial charge in [0.25, 0.3) is 5.56 Å². The number of benzene rings is 2. The molecular weight excluding hydrogens is 296 g/mol. The van der Waals surface area contributed by atoms with Crippen LogP contribution >= 0.6 is 11.8 Å². The molecule has 108 valence electrons. The molecule has 2 aromatic carbocycles. The molecule has 5 nitrogen and oxygen atoms in total. The first-order valence-corrected chi connectivity index (χ1v) is 7.84. The zero-order chi connectivity index (χ0) is 14.9. The summed E-state index contributed by atoms with van der Waals surface area (Å²) in [6.45, 7) is 0. The van der Waals surface area contributed by atoms with Crippen LogP contribution in [-0.4, -0.2) is 19.6 Å². The van der Waals surface area contributed by atoms with Crippen molar-refractivity contribution >= 4 is 28.4 Å². The van der Waals surface area contributed by atoms with E-state index in [9.17, 15) is 4.79 Å². The highest BCUT2D eigenvalue weighted by molar-refractivity contribution is 7.98. The lowest BCUT2D eigenvalue weighted by molar-refractivity contribution is 0.938. The second-order valence-corrected chi connectivity index (χ2v) is 5.83. The lowest BCUT2D eigenvalue weighted by atomic mass is 10.2. The lowest BCUT2D eigenvalue weighted by Gasteiger charge is -2.04. The van der Waals surface area contributed by atoms with E-state index < -0.39 is 0 Å². The summed E-state index contributed by atoms with van der Waals surface area (Å²) >= 11 is 1.60. The van der Waals surface area contributed by atoms with E-state index in [4.69, 9.17) is 0 Å². The summed E-state index contributed by atoms with van der Waals surface area (Å²) in [6, 6.07) is 17.7. The summed E-state index contributed by atoms with van der Waals surface area (Å²) in [7, 11) is 0. The number of aromatic amines is 1. The Morgan fingerprint density at radius 1 is 1.00 bits per heavy atom. The van der Waals surface area contributed by atoms with Crippen LogP contribution < -0.4 is 5.56 Å². The van der Waals surface area contributed by atoms with Gasteiger partial charge < -0.3 is 0 Å². The predicted molar refractivity (Wildman–Crippen MR) is 87.1 cm³/mol. The van der Waals surface area contributed by atoms with Crippen LogP contribution in [0.5, 0.6) is 0 Å². The molecule has 0 aliphatic heterocycles. The van der Waals surface area contributed by atoms with Crippen LogP contribution in [0.1, 0.15) is 5.56 Å². The zero-order valence-corrected chi connectivity index (χ0v) is 12.4. The van der Waals surface area contributed by atoms with E-state index in [2.05, 4.69) is 27.3 Å². The maximum absolute atomic E-state index is 12.0. The minimum atomic E-state index is -0.143. The number of nitrogens with one attached hydrogen (secondary N) is 1. The molecule has 0 saturated heterocycles. The summed E-state index contributed by atoms with van der Waals surface area (Å²) in [5, 5.41) is 9.69. The molecule has 2 heterocycles. The number of fused-ring (bicyclic) bond motifs is 3. The van der Waals surface area contributed by atoms with Crippen molar-refractivity contribution in [2.75, 3.05) is 0 Å². The van der Waals surface area contributed by atoms with Gasteiger partial charge in [0.1, 0.15) is 0 Å². The Bertz CT molecular complexity index is 1010. The molecule has 4 aromatic rings. The van der Waals surface area contributed by atoms with Crippen molar-refractivity contribution in [1.82, 2.24) is 19.6 Å². The number of nitrogens with zero attached hydrogens (tertiary/aromatic N) is 3. The van der Waals surface area contributed by atoms with Gasteiger partial charge >= 0.3 is 0 Å². The van der Waals surface area contributed by atoms with Gasteiger partial charge in [0.15, 0.2) is 5.16 Å². The first kappa shape index (κ1) is 13.1. The number of hydrogen-bond donors (Lipinski definition) is 1. The number of thioether (sulfide) groups is 1. The van der Waals surface area contributed by atoms with Gasteiger partial charge in [-0.3, -0.25) is 14.2 Å². The molecule has 22 heavy (non-hydrogen) atoms. The van der Waals surface area contributed by atoms with Gasteiger partial charge in [0, 0.05) is 5.75 Å². The number of para-hydroxylation sites is 1. The van der Waals surface area contributed by atoms with E-state index in [1.54, 1.807) is 17.8 Å². The summed E-state index contributed by atoms with van der Waals surface area (Å²) in [4.78, 5) is 14.8. The molecule has 0 aliphatic carbocycles. The third-order valence-electron chi connectivity index (χ3n) is 3.46. The molecule has 2 aromatic heterocycles. The topological polar surface area (TPSA) is 63.0 Å². The van der Waals surface area contributed by atoms with Crippen molar-refractivity contribution in [3.63, 3.8) is 0 Å². The summed E-state index contributed by atoms with van der Waals surface area (Å²) in [6.07, 6.45) is 0. The first-order valence-electron chi connectivity index (χ1n) is 6.86. The summed E-state index contributed by atoms with van der Waals surface area (Å²) in [5.74, 6) is 1.27. The van der Waals surface area contributed by atoms with E-state index in [0.29, 0.717) is 11.2 Å². The van der Waals surface area contributed by atoms with E-state index in [-0.39, 0.29) is 5.56 Å². The van der Waals surface area contributed by atoms with Gasteiger partial charge in [-0.2, -0.15) is 0 Å². The van der Waals surface area contributed by atoms with Gasteiger partial charge in [-0.25, -0.2) is 0 Å². The molecule has 4 rings (SSSR count). The van der Waals surface area contributed by atoms with Crippen LogP contribution in [-0.2, 0) is 5.75 Å². The van der Waals surface area contributed by atoms with Gasteiger partial charge in [-0.1, -0.05) is 54.2 Å². The minimum Gasteiger partial charge on any atom is -0.290 e. The SMILES string of the molecule is O=c1[nH]c2nnc(SCc3ccccc3)n2c2ccccc12. The Kier molecular flexibility index (Phi) is 3.16. The molecule has 0 radical (unpaired) electrons. The lowest BCUT2D eigenvalue weighted by Crippen LogP contribution is -2.10. The highest BCUT2D eigenvalue weighted by Gasteiger charge is 2.11. The minimum absolute atomic E-state index is 0.143. The number of rotatable bonds is 3. The van der Waals surface area contributed by atoms with Gasteiger partial charge in [0.05, 0.1) is 10.9 Å². The van der Waals surface area contributed by atoms with Crippen LogP contribution in [0, 0.1) is 0 Å². The smallest absolute Gasteiger partial charge is 0.260 e. The number of aromatic nitrogens is 4. The molecule has 0 aliphatic rings. The number of hydrogen-bond acceptors (Lipinski definition) is 4. The Balaban J connectivity index is 1.82. The summed E-state index contributed by atoms with van der Waals surface area (Å²) < 4.78 is 1.89. The Morgan fingerprint density at radius 3 is 2.64 bits per heavy atom. The molecular formula is C16H12N4OS. The molecule has 0 spiro atoms. The molecule has 1 N–H and O–H groups in total. The van der Waals surface area contributed by atoms with Crippen LogP contribution in [0.3, 0.4) is 0 Å². The Labute approximate surface area is 130 Å². The third-order valence-corrected chi connectivity index (χ3v) is 4.46. The van der Waals surface area contributed by atoms with Crippen molar-refractivity contribution in [1.29, 1.82) is 0 Å². The van der Waals surface area contributed by atoms with Crippen molar-refractivity contribution in [3.05, 3.63) is 70.5 Å². The molecule has 0 atom stereocenters. The quantitative estimate of drug-likeness (QED) is 0.591. The van der Waals surface area contributed by atoms with Crippen LogP contribution in [0.25, 0.3) is 16.7 Å². The van der Waals surface area contributed by atoms with Gasteiger partial charge in [0.2, 0.25) is 5.78 Å². The Morgan fingerprint density at radius 2 is 1.77 bits per heavy atom. The Hall–Kier alpha value is -2.60. The van der Waals surface area contributed by atoms with Crippen molar-refractivity contribution in [2.45, 2.75) is 10.9 Å². The van der Waals surface area contributed by atoms with E-state index in [1.165, 1.54) is 5.56 Å². The maximum Gasteiger partial charge on any atom is 0.260 e. The van der Waals surface area contributed by atoms with Gasteiger partial charge in [-0.05, 0) is 17.7 Å². The molecule has 0 unspecified atom stereocenters. The molecule has 0 saturated carbocycles. The van der Waals surface area contributed by atoms with Crippen LogP contribution in [0.15, 0.2) is 64.5 Å². The maximum atomic E-state index is 12.0. The van der Waals surface area contributed by atoms with E-state index >= 15 is 0 Å². The van der Waals surface area contributed by atoms with Crippen molar-refractivity contribution < 1.29 is 0 Å². The molecule has 6 heteroatoms. The van der Waals surface area contributed by atoms with Crippen molar-refractivity contribution in [3.8, 4) is 0 Å². The normalized spacial score (nSPS) is 11.3. The summed E-state index contributed by atoms with van der Waals surface area (Å²) in [5.41, 5.74) is 1.90. The zero-order valence-electron chi connectivity index (χ0n) is 11.6. The highest BCUT2D eigenvalue weighted by Crippen LogP contribution is 2.23. The van der Waals surface area contributed by atoms with Crippen LogP contribution in [0.4, 0.5) is 0 Å². The average Bonchev–Trinajstić information content (AvgIpc) is 2.97.